The first-order chi connectivity index (χ1) is 11.8. The zero-order valence-electron chi connectivity index (χ0n) is 16.1. The molecule has 0 saturated carbocycles. The van der Waals surface area contributed by atoms with E-state index in [9.17, 15) is 4.79 Å². The summed E-state index contributed by atoms with van der Waals surface area (Å²) in [6, 6.07) is 0.0732. The Kier molecular flexibility index (Phi) is 5.43. The number of aromatic nitrogens is 3. The molecule has 25 heavy (non-hydrogen) atoms. The van der Waals surface area contributed by atoms with Crippen LogP contribution in [0, 0.1) is 12.3 Å². The van der Waals surface area contributed by atoms with Crippen LogP contribution in [0.15, 0.2) is 0 Å². The Labute approximate surface area is 150 Å². The molecule has 1 aromatic heterocycles. The van der Waals surface area contributed by atoms with E-state index in [1.165, 1.54) is 0 Å². The van der Waals surface area contributed by atoms with Gasteiger partial charge in [-0.3, -0.25) is 19.7 Å². The topological polar surface area (TPSA) is 68.4 Å². The number of carbonyl (C=O) groups excluding carboxylic acids is 1. The van der Waals surface area contributed by atoms with Gasteiger partial charge in [0.2, 0.25) is 5.91 Å². The van der Waals surface area contributed by atoms with Crippen LogP contribution in [0.4, 0.5) is 0 Å². The summed E-state index contributed by atoms with van der Waals surface area (Å²) in [7, 11) is 0. The van der Waals surface area contributed by atoms with E-state index >= 15 is 0 Å². The SMILES string of the molecule is Cc1nc(CN2CCN([C@H]3CCCN(CC(C)(C)C)C3=O)CC2)n[nH]1. The van der Waals surface area contributed by atoms with E-state index in [2.05, 4.69) is 50.7 Å². The van der Waals surface area contributed by atoms with E-state index < -0.39 is 0 Å². The number of rotatable bonds is 4. The second-order valence-corrected chi connectivity index (χ2v) is 8.63. The number of aryl methyl sites for hydroxylation is 1. The number of likely N-dealkylation sites (tertiary alicyclic amines) is 1. The second kappa shape index (κ2) is 7.41. The van der Waals surface area contributed by atoms with Gasteiger partial charge in [0.25, 0.3) is 0 Å². The quantitative estimate of drug-likeness (QED) is 0.887. The minimum atomic E-state index is 0.0732. The zero-order valence-corrected chi connectivity index (χ0v) is 16.1. The zero-order chi connectivity index (χ0) is 18.0. The molecule has 0 aliphatic carbocycles. The maximum Gasteiger partial charge on any atom is 0.239 e. The number of nitrogens with zero attached hydrogens (tertiary/aromatic N) is 5. The van der Waals surface area contributed by atoms with Gasteiger partial charge in [0.05, 0.1) is 12.6 Å². The average Bonchev–Trinajstić information content (AvgIpc) is 2.94. The van der Waals surface area contributed by atoms with Crippen molar-refractivity contribution >= 4 is 5.91 Å². The molecule has 2 aliphatic heterocycles. The lowest BCUT2D eigenvalue weighted by atomic mass is 9.93. The summed E-state index contributed by atoms with van der Waals surface area (Å²) in [4.78, 5) is 24.2. The molecule has 140 valence electrons. The van der Waals surface area contributed by atoms with Gasteiger partial charge in [-0.1, -0.05) is 20.8 Å². The highest BCUT2D eigenvalue weighted by Crippen LogP contribution is 2.23. The molecule has 0 radical (unpaired) electrons. The molecule has 7 heteroatoms. The number of nitrogens with one attached hydrogen (secondary N) is 1. The molecule has 1 amide bonds. The second-order valence-electron chi connectivity index (χ2n) is 8.63. The fraction of sp³-hybridized carbons (Fsp3) is 0.833. The van der Waals surface area contributed by atoms with E-state index in [0.29, 0.717) is 5.91 Å². The molecule has 0 bridgehead atoms. The first-order valence-electron chi connectivity index (χ1n) is 9.45. The van der Waals surface area contributed by atoms with Crippen molar-refractivity contribution in [2.45, 2.75) is 53.1 Å². The monoisotopic (exact) mass is 348 g/mol. The smallest absolute Gasteiger partial charge is 0.239 e. The van der Waals surface area contributed by atoms with Crippen molar-refractivity contribution in [3.8, 4) is 0 Å². The maximum absolute atomic E-state index is 12.9. The number of piperazine rings is 1. The van der Waals surface area contributed by atoms with Crippen LogP contribution in [0.5, 0.6) is 0 Å². The molecule has 1 aromatic rings. The molecular formula is C18H32N6O. The first-order valence-corrected chi connectivity index (χ1v) is 9.45. The number of hydrogen-bond donors (Lipinski definition) is 1. The Hall–Kier alpha value is -1.47. The number of H-pyrrole nitrogens is 1. The lowest BCUT2D eigenvalue weighted by Gasteiger charge is -2.43. The van der Waals surface area contributed by atoms with Gasteiger partial charge in [0.15, 0.2) is 5.82 Å². The number of piperidine rings is 1. The van der Waals surface area contributed by atoms with E-state index in [0.717, 1.165) is 70.3 Å². The molecule has 0 spiro atoms. The number of amides is 1. The number of carbonyl (C=O) groups is 1. The largest absolute Gasteiger partial charge is 0.341 e. The lowest BCUT2D eigenvalue weighted by molar-refractivity contribution is -0.142. The third kappa shape index (κ3) is 4.79. The molecule has 2 saturated heterocycles. The fourth-order valence-corrected chi connectivity index (χ4v) is 3.88. The van der Waals surface area contributed by atoms with E-state index in [1.807, 2.05) is 6.92 Å². The summed E-state index contributed by atoms with van der Waals surface area (Å²) < 4.78 is 0. The molecule has 2 fully saturated rings. The minimum absolute atomic E-state index is 0.0732. The van der Waals surface area contributed by atoms with E-state index in [4.69, 9.17) is 0 Å². The first kappa shape index (κ1) is 18.3. The van der Waals surface area contributed by atoms with Crippen molar-refractivity contribution < 1.29 is 4.79 Å². The third-order valence-electron chi connectivity index (χ3n) is 5.02. The van der Waals surface area contributed by atoms with Gasteiger partial charge < -0.3 is 4.90 Å². The van der Waals surface area contributed by atoms with Crippen LogP contribution in [0.25, 0.3) is 0 Å². The fourth-order valence-electron chi connectivity index (χ4n) is 3.88. The van der Waals surface area contributed by atoms with Crippen LogP contribution in [0.3, 0.4) is 0 Å². The van der Waals surface area contributed by atoms with E-state index in [1.54, 1.807) is 0 Å². The van der Waals surface area contributed by atoms with Crippen molar-refractivity contribution in [3.63, 3.8) is 0 Å². The van der Waals surface area contributed by atoms with Crippen LogP contribution >= 0.6 is 0 Å². The number of aromatic amines is 1. The van der Waals surface area contributed by atoms with Crippen molar-refractivity contribution in [1.82, 2.24) is 29.9 Å². The molecule has 3 rings (SSSR count). The summed E-state index contributed by atoms with van der Waals surface area (Å²) in [5, 5.41) is 7.12. The average molecular weight is 348 g/mol. The Bertz CT molecular complexity index is 585. The maximum atomic E-state index is 12.9. The predicted molar refractivity (Wildman–Crippen MR) is 97.0 cm³/mol. The van der Waals surface area contributed by atoms with Gasteiger partial charge in [-0.2, -0.15) is 5.10 Å². The van der Waals surface area contributed by atoms with Gasteiger partial charge in [-0.15, -0.1) is 0 Å². The Morgan fingerprint density at radius 2 is 1.88 bits per heavy atom. The number of hydrogen-bond acceptors (Lipinski definition) is 5. The highest BCUT2D eigenvalue weighted by molar-refractivity contribution is 5.82. The summed E-state index contributed by atoms with van der Waals surface area (Å²) in [5.74, 6) is 2.05. The van der Waals surface area contributed by atoms with Crippen molar-refractivity contribution in [2.75, 3.05) is 39.3 Å². The standard InChI is InChI=1S/C18H32N6O/c1-14-19-16(21-20-14)12-22-8-10-23(11-9-22)15-6-5-7-24(17(15)25)13-18(2,3)4/h15H,5-13H2,1-4H3,(H,19,20,21)/t15-/m0/s1. The van der Waals surface area contributed by atoms with Gasteiger partial charge in [-0.25, -0.2) is 4.98 Å². The third-order valence-corrected chi connectivity index (χ3v) is 5.02. The molecule has 7 nitrogen and oxygen atoms in total. The van der Waals surface area contributed by atoms with Crippen LogP contribution in [-0.4, -0.2) is 81.1 Å². The van der Waals surface area contributed by atoms with Crippen LogP contribution < -0.4 is 0 Å². The van der Waals surface area contributed by atoms with Gasteiger partial charge in [0.1, 0.15) is 5.82 Å². The minimum Gasteiger partial charge on any atom is -0.341 e. The molecule has 0 unspecified atom stereocenters. The van der Waals surface area contributed by atoms with Crippen LogP contribution in [0.1, 0.15) is 45.3 Å². The molecule has 1 atom stereocenters. The normalized spacial score (nSPS) is 24.1. The Morgan fingerprint density at radius 1 is 1.16 bits per heavy atom. The van der Waals surface area contributed by atoms with Crippen molar-refractivity contribution in [2.24, 2.45) is 5.41 Å². The highest BCUT2D eigenvalue weighted by atomic mass is 16.2. The van der Waals surface area contributed by atoms with E-state index in [-0.39, 0.29) is 11.5 Å². The highest BCUT2D eigenvalue weighted by Gasteiger charge is 2.35. The molecule has 3 heterocycles. The van der Waals surface area contributed by atoms with Crippen molar-refractivity contribution in [1.29, 1.82) is 0 Å². The molecule has 0 aromatic carbocycles. The summed E-state index contributed by atoms with van der Waals surface area (Å²) in [5.41, 5.74) is 0.158. The van der Waals surface area contributed by atoms with Crippen LogP contribution in [0.2, 0.25) is 0 Å². The van der Waals surface area contributed by atoms with Crippen molar-refractivity contribution in [3.05, 3.63) is 11.6 Å². The lowest BCUT2D eigenvalue weighted by Crippen LogP contribution is -2.58. The van der Waals surface area contributed by atoms with Gasteiger partial charge in [0, 0.05) is 39.3 Å². The van der Waals surface area contributed by atoms with Crippen LogP contribution in [-0.2, 0) is 11.3 Å². The summed E-state index contributed by atoms with van der Waals surface area (Å²) >= 11 is 0. The molecular weight excluding hydrogens is 316 g/mol. The Balaban J connectivity index is 1.52. The molecule has 1 N–H and O–H groups in total. The summed E-state index contributed by atoms with van der Waals surface area (Å²) in [6.07, 6.45) is 2.11. The summed E-state index contributed by atoms with van der Waals surface area (Å²) in [6.45, 7) is 14.9. The predicted octanol–water partition coefficient (Wildman–Crippen LogP) is 1.27. The molecule has 2 aliphatic rings. The Morgan fingerprint density at radius 3 is 2.48 bits per heavy atom. The van der Waals surface area contributed by atoms with Gasteiger partial charge >= 0.3 is 0 Å². The van der Waals surface area contributed by atoms with Gasteiger partial charge in [-0.05, 0) is 25.2 Å².